The Morgan fingerprint density at radius 1 is 0.548 bits per heavy atom. The molecule has 2 atom stereocenters. The van der Waals surface area contributed by atoms with Crippen molar-refractivity contribution in [2.75, 3.05) is 54.6 Å². The molecule has 2 aromatic carbocycles. The summed E-state index contributed by atoms with van der Waals surface area (Å²) in [5.41, 5.74) is 2.21. The van der Waals surface area contributed by atoms with Crippen LogP contribution >= 0.6 is 0 Å². The summed E-state index contributed by atoms with van der Waals surface area (Å²) >= 11 is 0. The van der Waals surface area contributed by atoms with Crippen molar-refractivity contribution in [2.45, 2.75) is 47.7 Å². The van der Waals surface area contributed by atoms with Crippen LogP contribution in [0.3, 0.4) is 0 Å². The lowest BCUT2D eigenvalue weighted by Crippen LogP contribution is -2.39. The summed E-state index contributed by atoms with van der Waals surface area (Å²) in [6.45, 7) is 2.53. The van der Waals surface area contributed by atoms with Crippen LogP contribution in [0.25, 0.3) is 34.2 Å². The minimum Gasteiger partial charge on any atom is -0.479 e. The summed E-state index contributed by atoms with van der Waals surface area (Å²) in [5, 5.41) is 22.5. The normalized spacial score (nSPS) is 16.8. The standard InChI is InChI=1S/2C20H24N6O4S/c2*1-29-19-17(20(30-2)23-13-22-19)26-16(12-31(27,28)15-9-6-10-21-11-15)24-25-18(26)14-7-4-3-5-8-14/h2*3-5,7-8,13,15,21H,6,9-12H2,1-2H3/t15-;/m1./s1. The summed E-state index contributed by atoms with van der Waals surface area (Å²) in [4.78, 5) is 16.7. The molecule has 0 saturated carbocycles. The van der Waals surface area contributed by atoms with E-state index in [1.807, 2.05) is 60.7 Å². The Labute approximate surface area is 359 Å². The number of methoxy groups -OCH3 is 4. The van der Waals surface area contributed by atoms with Gasteiger partial charge in [0.1, 0.15) is 24.2 Å². The zero-order valence-corrected chi connectivity index (χ0v) is 36.3. The van der Waals surface area contributed by atoms with Crippen molar-refractivity contribution >= 4 is 19.7 Å². The Bertz CT molecular complexity index is 2430. The van der Waals surface area contributed by atoms with Gasteiger partial charge in [0.2, 0.25) is 23.5 Å². The largest absolute Gasteiger partial charge is 0.479 e. The number of hydrogen-bond acceptors (Lipinski definition) is 18. The van der Waals surface area contributed by atoms with Crippen LogP contribution in [0.5, 0.6) is 23.5 Å². The summed E-state index contributed by atoms with van der Waals surface area (Å²) < 4.78 is 77.7. The van der Waals surface area contributed by atoms with Crippen LogP contribution in [0, 0.1) is 0 Å². The van der Waals surface area contributed by atoms with Crippen molar-refractivity contribution in [3.8, 4) is 57.7 Å². The number of ether oxygens (including phenoxy) is 4. The summed E-state index contributed by atoms with van der Waals surface area (Å²) in [7, 11) is -1.07. The average molecular weight is 889 g/mol. The first-order valence-corrected chi connectivity index (χ1v) is 23.2. The van der Waals surface area contributed by atoms with Crippen LogP contribution in [0.15, 0.2) is 73.3 Å². The van der Waals surface area contributed by atoms with Crippen molar-refractivity contribution < 1.29 is 35.8 Å². The number of aromatic nitrogens is 10. The van der Waals surface area contributed by atoms with E-state index in [0.29, 0.717) is 49.0 Å². The quantitative estimate of drug-likeness (QED) is 0.160. The van der Waals surface area contributed by atoms with Crippen LogP contribution in [-0.4, -0.2) is 131 Å². The van der Waals surface area contributed by atoms with Crippen LogP contribution in [0.4, 0.5) is 0 Å². The van der Waals surface area contributed by atoms with Crippen molar-refractivity contribution in [3.63, 3.8) is 0 Å². The van der Waals surface area contributed by atoms with Gasteiger partial charge in [-0.05, 0) is 38.8 Å². The van der Waals surface area contributed by atoms with Gasteiger partial charge in [-0.2, -0.15) is 19.9 Å². The third-order valence-corrected chi connectivity index (χ3v) is 14.6. The second-order valence-electron chi connectivity index (χ2n) is 14.3. The zero-order chi connectivity index (χ0) is 43.7. The smallest absolute Gasteiger partial charge is 0.245 e. The lowest BCUT2D eigenvalue weighted by molar-refractivity contribution is 0.368. The van der Waals surface area contributed by atoms with Crippen LogP contribution < -0.4 is 29.6 Å². The first-order chi connectivity index (χ1) is 30.1. The Morgan fingerprint density at radius 3 is 1.21 bits per heavy atom. The molecular formula is C40H48N12O8S2. The molecule has 1 unspecified atom stereocenters. The van der Waals surface area contributed by atoms with E-state index in [1.54, 1.807) is 9.13 Å². The molecule has 2 fully saturated rings. The Balaban J connectivity index is 0.000000186. The van der Waals surface area contributed by atoms with Crippen LogP contribution in [0.1, 0.15) is 37.3 Å². The molecule has 4 aromatic heterocycles. The Morgan fingerprint density at radius 2 is 0.903 bits per heavy atom. The lowest BCUT2D eigenvalue weighted by Gasteiger charge is -2.23. The fourth-order valence-corrected chi connectivity index (χ4v) is 10.7. The number of sulfone groups is 2. The maximum atomic E-state index is 13.2. The van der Waals surface area contributed by atoms with Gasteiger partial charge in [0.25, 0.3) is 0 Å². The third-order valence-electron chi connectivity index (χ3n) is 10.4. The maximum absolute atomic E-state index is 13.2. The van der Waals surface area contributed by atoms with E-state index < -0.39 is 30.2 Å². The van der Waals surface area contributed by atoms with E-state index in [2.05, 4.69) is 51.0 Å². The highest BCUT2D eigenvalue weighted by Crippen LogP contribution is 2.36. The molecule has 2 N–H and O–H groups in total. The van der Waals surface area contributed by atoms with Gasteiger partial charge < -0.3 is 29.6 Å². The number of nitrogens with one attached hydrogen (secondary N) is 2. The summed E-state index contributed by atoms with van der Waals surface area (Å²) in [5.74, 6) is 1.72. The van der Waals surface area contributed by atoms with E-state index in [-0.39, 0.29) is 46.7 Å². The summed E-state index contributed by atoms with van der Waals surface area (Å²) in [6.07, 6.45) is 5.52. The van der Waals surface area contributed by atoms with Gasteiger partial charge in [0.05, 0.1) is 38.9 Å². The predicted molar refractivity (Wildman–Crippen MR) is 228 cm³/mol. The van der Waals surface area contributed by atoms with E-state index in [0.717, 1.165) is 37.1 Å². The van der Waals surface area contributed by atoms with Gasteiger partial charge in [-0.25, -0.2) is 16.8 Å². The van der Waals surface area contributed by atoms with Crippen molar-refractivity contribution in [3.05, 3.63) is 85.0 Å². The van der Waals surface area contributed by atoms with Gasteiger partial charge in [-0.3, -0.25) is 9.13 Å². The molecular weight excluding hydrogens is 841 g/mol. The molecule has 8 rings (SSSR count). The van der Waals surface area contributed by atoms with E-state index >= 15 is 0 Å². The molecule has 0 spiro atoms. The fourth-order valence-electron chi connectivity index (χ4n) is 7.36. The van der Waals surface area contributed by atoms with Gasteiger partial charge in [-0.15, -0.1) is 20.4 Å². The van der Waals surface area contributed by atoms with Gasteiger partial charge in [0, 0.05) is 24.2 Å². The molecule has 0 aliphatic carbocycles. The predicted octanol–water partition coefficient (Wildman–Crippen LogP) is 2.82. The van der Waals surface area contributed by atoms with Crippen LogP contribution in [-0.2, 0) is 31.2 Å². The van der Waals surface area contributed by atoms with Crippen molar-refractivity contribution in [1.29, 1.82) is 0 Å². The molecule has 62 heavy (non-hydrogen) atoms. The molecule has 2 aliphatic rings. The van der Waals surface area contributed by atoms with Gasteiger partial charge in [-0.1, -0.05) is 60.7 Å². The maximum Gasteiger partial charge on any atom is 0.245 e. The van der Waals surface area contributed by atoms with Gasteiger partial charge in [0.15, 0.2) is 54.3 Å². The first-order valence-electron chi connectivity index (χ1n) is 19.8. The van der Waals surface area contributed by atoms with E-state index in [1.165, 1.54) is 41.1 Å². The molecule has 6 aromatic rings. The number of benzene rings is 2. The highest BCUT2D eigenvalue weighted by atomic mass is 32.2. The third kappa shape index (κ3) is 9.52. The summed E-state index contributed by atoms with van der Waals surface area (Å²) in [6, 6.07) is 18.7. The highest BCUT2D eigenvalue weighted by Gasteiger charge is 2.34. The van der Waals surface area contributed by atoms with Crippen molar-refractivity contribution in [1.82, 2.24) is 60.1 Å². The molecule has 0 amide bonds. The molecule has 0 bridgehead atoms. The second kappa shape index (κ2) is 19.7. The fraction of sp³-hybridized carbons (Fsp3) is 0.400. The highest BCUT2D eigenvalue weighted by molar-refractivity contribution is 7.91. The van der Waals surface area contributed by atoms with E-state index in [4.69, 9.17) is 18.9 Å². The van der Waals surface area contributed by atoms with E-state index in [9.17, 15) is 16.8 Å². The monoisotopic (exact) mass is 888 g/mol. The molecule has 328 valence electrons. The first kappa shape index (κ1) is 44.0. The topological polar surface area (TPSA) is 242 Å². The molecule has 6 heterocycles. The minimum absolute atomic E-state index is 0.224. The van der Waals surface area contributed by atoms with Crippen molar-refractivity contribution in [2.24, 2.45) is 0 Å². The van der Waals surface area contributed by atoms with Crippen LogP contribution in [0.2, 0.25) is 0 Å². The zero-order valence-electron chi connectivity index (χ0n) is 34.7. The SMILES string of the molecule is COc1ncnc(OC)c1-n1c(CS(=O)(=O)C2CCCNC2)nnc1-c1ccccc1.COc1ncnc(OC)c1-n1c(CS(=O)(=O)[C@@H]2CCCNC2)nnc1-c1ccccc1. The molecule has 0 radical (unpaired) electrons. The number of hydrogen-bond donors (Lipinski definition) is 2. The Hall–Kier alpha value is -6.10. The molecule has 2 saturated heterocycles. The molecule has 22 heteroatoms. The average Bonchev–Trinajstić information content (AvgIpc) is 3.92. The molecule has 20 nitrogen and oxygen atoms in total. The lowest BCUT2D eigenvalue weighted by atomic mass is 10.2. The number of piperidine rings is 2. The Kier molecular flexibility index (Phi) is 14.0. The second-order valence-corrected chi connectivity index (χ2v) is 18.9. The van der Waals surface area contributed by atoms with Gasteiger partial charge >= 0.3 is 0 Å². The number of nitrogens with zero attached hydrogens (tertiary/aromatic N) is 10. The number of rotatable bonds is 14. The minimum atomic E-state index is -3.48. The molecule has 2 aliphatic heterocycles.